The van der Waals surface area contributed by atoms with Gasteiger partial charge in [0.15, 0.2) is 0 Å². The number of hydrogen-bond donors (Lipinski definition) is 0. The van der Waals surface area contributed by atoms with Gasteiger partial charge in [-0.25, -0.2) is 0 Å². The summed E-state index contributed by atoms with van der Waals surface area (Å²) >= 11 is 0. The normalized spacial score (nSPS) is 11.5. The molecule has 15 heavy (non-hydrogen) atoms. The number of hydrogen-bond acceptors (Lipinski definition) is 3. The van der Waals surface area contributed by atoms with Gasteiger partial charge in [-0.15, -0.1) is 0 Å². The van der Waals surface area contributed by atoms with Gasteiger partial charge in [0.25, 0.3) is 0 Å². The molecule has 0 aliphatic rings. The predicted molar refractivity (Wildman–Crippen MR) is 58.8 cm³/mol. The smallest absolute Gasteiger partial charge is 0.338 e. The maximum Gasteiger partial charge on any atom is 0.338 e. The second-order valence-electron chi connectivity index (χ2n) is 2.93. The summed E-state index contributed by atoms with van der Waals surface area (Å²) in [6.07, 6.45) is 3.93. The minimum absolute atomic E-state index is 0.141. The third-order valence-electron chi connectivity index (χ3n) is 1.71. The molecule has 0 N–H and O–H groups in total. The summed E-state index contributed by atoms with van der Waals surface area (Å²) in [5, 5.41) is 0. The number of rotatable bonds is 4. The van der Waals surface area contributed by atoms with E-state index in [0.717, 1.165) is 11.8 Å². The van der Waals surface area contributed by atoms with Crippen LogP contribution in [-0.4, -0.2) is 8.42 Å². The van der Waals surface area contributed by atoms with Crippen molar-refractivity contribution in [1.29, 1.82) is 0 Å². The fourth-order valence-electron chi connectivity index (χ4n) is 0.921. The Hall–Kier alpha value is -1.55. The van der Waals surface area contributed by atoms with E-state index in [1.807, 2.05) is 6.92 Å². The Morgan fingerprint density at radius 3 is 2.40 bits per heavy atom. The van der Waals surface area contributed by atoms with Crippen molar-refractivity contribution in [3.8, 4) is 0 Å². The largest absolute Gasteiger partial charge is 0.387 e. The fraction of sp³-hybridized carbons (Fsp3) is 0.0909. The van der Waals surface area contributed by atoms with E-state index in [9.17, 15) is 8.42 Å². The molecule has 0 aromatic heterocycles. The maximum atomic E-state index is 11.5. The first-order chi connectivity index (χ1) is 7.06. The van der Waals surface area contributed by atoms with Crippen molar-refractivity contribution in [3.05, 3.63) is 54.8 Å². The Labute approximate surface area is 89.8 Å². The zero-order valence-corrected chi connectivity index (χ0v) is 9.20. The van der Waals surface area contributed by atoms with Gasteiger partial charge in [0, 0.05) is 0 Å². The Balaban J connectivity index is 2.91. The average Bonchev–Trinajstić information content (AvgIpc) is 2.18. The highest BCUT2D eigenvalue weighted by Gasteiger charge is 2.12. The van der Waals surface area contributed by atoms with Crippen LogP contribution in [0.5, 0.6) is 0 Å². The van der Waals surface area contributed by atoms with Crippen molar-refractivity contribution in [2.45, 2.75) is 11.8 Å². The van der Waals surface area contributed by atoms with Gasteiger partial charge in [-0.2, -0.15) is 8.42 Å². The van der Waals surface area contributed by atoms with E-state index >= 15 is 0 Å². The molecule has 0 unspecified atom stereocenters. The molecule has 0 aliphatic heterocycles. The van der Waals surface area contributed by atoms with Crippen molar-refractivity contribution in [1.82, 2.24) is 0 Å². The highest BCUT2D eigenvalue weighted by atomic mass is 32.2. The van der Waals surface area contributed by atoms with E-state index in [2.05, 4.69) is 10.8 Å². The Morgan fingerprint density at radius 2 is 1.87 bits per heavy atom. The zero-order valence-electron chi connectivity index (χ0n) is 8.38. The van der Waals surface area contributed by atoms with Crippen LogP contribution in [-0.2, 0) is 14.3 Å². The lowest BCUT2D eigenvalue weighted by molar-refractivity contribution is 0.443. The molecule has 1 rings (SSSR count). The average molecular weight is 224 g/mol. The van der Waals surface area contributed by atoms with Crippen LogP contribution >= 0.6 is 0 Å². The quantitative estimate of drug-likeness (QED) is 0.448. The molecular formula is C11H12O3S. The topological polar surface area (TPSA) is 43.4 Å². The van der Waals surface area contributed by atoms with Gasteiger partial charge in [0.1, 0.15) is 11.2 Å². The van der Waals surface area contributed by atoms with Gasteiger partial charge >= 0.3 is 10.1 Å². The maximum absolute atomic E-state index is 11.5. The van der Waals surface area contributed by atoms with Crippen molar-refractivity contribution in [2.75, 3.05) is 0 Å². The molecule has 0 bridgehead atoms. The first-order valence-corrected chi connectivity index (χ1v) is 5.74. The van der Waals surface area contributed by atoms with Crippen molar-refractivity contribution < 1.29 is 12.6 Å². The van der Waals surface area contributed by atoms with E-state index in [-0.39, 0.29) is 4.90 Å². The van der Waals surface area contributed by atoms with E-state index in [4.69, 9.17) is 0 Å². The van der Waals surface area contributed by atoms with Crippen LogP contribution in [0.3, 0.4) is 0 Å². The summed E-state index contributed by atoms with van der Waals surface area (Å²) in [5.74, 6) is 0. The molecule has 80 valence electrons. The first-order valence-electron chi connectivity index (χ1n) is 4.34. The molecule has 1 aromatic carbocycles. The predicted octanol–water partition coefficient (Wildman–Crippen LogP) is 2.40. The lowest BCUT2D eigenvalue weighted by Gasteiger charge is -2.02. The second-order valence-corrected chi connectivity index (χ2v) is 4.50. The number of benzene rings is 1. The van der Waals surface area contributed by atoms with Crippen LogP contribution in [0.15, 0.2) is 54.2 Å². The standard InChI is InChI=1S/C11H12O3S/c1-3-4-9-14-15(12,13)11-7-5-10(2)6-8-11/h3-9H,1H2,2H3/b9-4+. The van der Waals surface area contributed by atoms with Crippen LogP contribution in [0, 0.1) is 6.92 Å². The molecule has 0 atom stereocenters. The molecule has 0 radical (unpaired) electrons. The molecule has 0 saturated heterocycles. The van der Waals surface area contributed by atoms with Gasteiger partial charge < -0.3 is 4.18 Å². The minimum Gasteiger partial charge on any atom is -0.387 e. The van der Waals surface area contributed by atoms with E-state index in [1.54, 1.807) is 12.1 Å². The molecule has 3 nitrogen and oxygen atoms in total. The Bertz CT molecular complexity index is 455. The molecule has 4 heteroatoms. The van der Waals surface area contributed by atoms with Gasteiger partial charge in [-0.1, -0.05) is 30.4 Å². The van der Waals surface area contributed by atoms with Crippen LogP contribution < -0.4 is 0 Å². The van der Waals surface area contributed by atoms with Crippen molar-refractivity contribution >= 4 is 10.1 Å². The summed E-state index contributed by atoms with van der Waals surface area (Å²) in [4.78, 5) is 0.141. The van der Waals surface area contributed by atoms with Crippen molar-refractivity contribution in [2.24, 2.45) is 0 Å². The summed E-state index contributed by atoms with van der Waals surface area (Å²) in [6.45, 7) is 5.29. The molecule has 0 aliphatic carbocycles. The molecule has 1 aromatic rings. The van der Waals surface area contributed by atoms with Crippen LogP contribution in [0.4, 0.5) is 0 Å². The molecule has 0 fully saturated rings. The van der Waals surface area contributed by atoms with Gasteiger partial charge in [0.2, 0.25) is 0 Å². The Morgan fingerprint density at radius 1 is 1.27 bits per heavy atom. The molecule has 0 saturated carbocycles. The third-order valence-corrected chi connectivity index (χ3v) is 2.92. The summed E-state index contributed by atoms with van der Waals surface area (Å²) < 4.78 is 27.6. The highest BCUT2D eigenvalue weighted by molar-refractivity contribution is 7.86. The monoisotopic (exact) mass is 224 g/mol. The lowest BCUT2D eigenvalue weighted by Crippen LogP contribution is -2.01. The van der Waals surface area contributed by atoms with Crippen LogP contribution in [0.25, 0.3) is 0 Å². The SMILES string of the molecule is C=C/C=C/OS(=O)(=O)c1ccc(C)cc1. The summed E-state index contributed by atoms with van der Waals surface area (Å²) in [5.41, 5.74) is 0.996. The number of allylic oxidation sites excluding steroid dienone is 2. The third kappa shape index (κ3) is 3.25. The van der Waals surface area contributed by atoms with E-state index < -0.39 is 10.1 Å². The zero-order chi connectivity index (χ0) is 11.3. The van der Waals surface area contributed by atoms with Crippen LogP contribution in [0.1, 0.15) is 5.56 Å². The second kappa shape index (κ2) is 4.79. The molecular weight excluding hydrogens is 212 g/mol. The number of aryl methyl sites for hydroxylation is 1. The van der Waals surface area contributed by atoms with E-state index in [1.165, 1.54) is 24.3 Å². The minimum atomic E-state index is -3.68. The van der Waals surface area contributed by atoms with Gasteiger partial charge in [-0.05, 0) is 25.1 Å². The molecule has 0 heterocycles. The fourth-order valence-corrected chi connectivity index (χ4v) is 1.71. The van der Waals surface area contributed by atoms with Crippen LogP contribution in [0.2, 0.25) is 0 Å². The highest BCUT2D eigenvalue weighted by Crippen LogP contribution is 2.13. The van der Waals surface area contributed by atoms with Gasteiger partial charge in [-0.3, -0.25) is 0 Å². The summed E-state index contributed by atoms with van der Waals surface area (Å²) in [7, 11) is -3.68. The van der Waals surface area contributed by atoms with Crippen molar-refractivity contribution in [3.63, 3.8) is 0 Å². The molecule has 0 spiro atoms. The van der Waals surface area contributed by atoms with E-state index in [0.29, 0.717) is 0 Å². The Kier molecular flexibility index (Phi) is 3.68. The molecule has 0 amide bonds. The summed E-state index contributed by atoms with van der Waals surface area (Å²) in [6, 6.07) is 6.44. The van der Waals surface area contributed by atoms with Gasteiger partial charge in [0.05, 0.1) is 0 Å². The lowest BCUT2D eigenvalue weighted by atomic mass is 10.2. The first kappa shape index (κ1) is 11.5.